The minimum absolute atomic E-state index is 0.0114. The van der Waals surface area contributed by atoms with Crippen molar-refractivity contribution < 1.29 is 32.3 Å². The summed E-state index contributed by atoms with van der Waals surface area (Å²) in [5, 5.41) is 16.7. The minimum Gasteiger partial charge on any atom is -0.444 e. The molecule has 3 aromatic heterocycles. The van der Waals surface area contributed by atoms with Crippen LogP contribution in [-0.4, -0.2) is 70.0 Å². The summed E-state index contributed by atoms with van der Waals surface area (Å²) in [4.78, 5) is 38.1. The lowest BCUT2D eigenvalue weighted by Crippen LogP contribution is -2.51. The maximum absolute atomic E-state index is 14.0. The number of aliphatic hydroxyl groups is 1. The fraction of sp³-hybridized carbons (Fsp3) is 0.281. The average Bonchev–Trinajstić information content (AvgIpc) is 3.73. The molecule has 3 heterocycles. The van der Waals surface area contributed by atoms with Gasteiger partial charge in [0.05, 0.1) is 33.0 Å². The number of aromatic nitrogens is 3. The first-order chi connectivity index (χ1) is 22.6. The molecule has 246 valence electrons. The monoisotopic (exact) mass is 678 g/mol. The van der Waals surface area contributed by atoms with Crippen LogP contribution in [0.4, 0.5) is 10.8 Å². The number of sulfonamides is 1. The van der Waals surface area contributed by atoms with Gasteiger partial charge in [0.15, 0.2) is 5.58 Å². The number of amides is 2. The van der Waals surface area contributed by atoms with Crippen molar-refractivity contribution in [3.8, 4) is 0 Å². The number of hydrogen-bond acceptors (Lipinski definition) is 11. The van der Waals surface area contributed by atoms with Crippen LogP contribution in [-0.2, 0) is 27.8 Å². The number of ether oxygens (including phenoxy) is 1. The summed E-state index contributed by atoms with van der Waals surface area (Å²) in [6.07, 6.45) is 2.70. The number of nitrogens with zero attached hydrogens (tertiary/aromatic N) is 4. The van der Waals surface area contributed by atoms with Crippen LogP contribution in [0.1, 0.15) is 34.6 Å². The third-order valence-corrected chi connectivity index (χ3v) is 9.58. The quantitative estimate of drug-likeness (QED) is 0.152. The summed E-state index contributed by atoms with van der Waals surface area (Å²) < 4.78 is 40.2. The number of aliphatic hydroxyl groups excluding tert-OH is 1. The van der Waals surface area contributed by atoms with Gasteiger partial charge >= 0.3 is 12.1 Å². The second-order valence-electron chi connectivity index (χ2n) is 11.1. The number of benzene rings is 2. The lowest BCUT2D eigenvalue weighted by Gasteiger charge is -2.30. The molecule has 5 aromatic rings. The predicted octanol–water partition coefficient (Wildman–Crippen LogP) is 4.48. The number of carbonyl (C=O) groups excluding carboxylic acids is 2. The van der Waals surface area contributed by atoms with Gasteiger partial charge in [0.25, 0.3) is 5.91 Å². The number of rotatable bonds is 14. The number of carbonyl (C=O) groups is 2. The third kappa shape index (κ3) is 8.98. The van der Waals surface area contributed by atoms with Crippen molar-refractivity contribution in [2.75, 3.05) is 18.4 Å². The van der Waals surface area contributed by atoms with Gasteiger partial charge in [-0.3, -0.25) is 20.1 Å². The standard InChI is InChI=1S/C32H34N6O7S2/c1-21(2)17-38(18-28(39)27(13-22-7-4-3-5-8-22)36-32(41)44-19-24-16-34-20-46-24)47(42,43)25-10-11-26-29(14-25)45-31(35-26)37-30(40)23-9-6-12-33-15-23/h3-12,14-16,20-21,27-28,39H,13,17-19H2,1-2H3,(H,36,41)(H,35,37,40). The predicted molar refractivity (Wildman–Crippen MR) is 175 cm³/mol. The number of alkyl carbamates (subject to hydrolysis) is 1. The van der Waals surface area contributed by atoms with Gasteiger partial charge in [0.1, 0.15) is 12.1 Å². The number of anilines is 1. The SMILES string of the molecule is CC(C)CN(CC(O)C(Cc1ccccc1)NC(=O)OCc1cncs1)S(=O)(=O)c1ccc2nc(NC(=O)c3cccnc3)oc2c1. The van der Waals surface area contributed by atoms with Crippen LogP contribution >= 0.6 is 11.3 Å². The molecule has 0 aliphatic heterocycles. The van der Waals surface area contributed by atoms with Crippen LogP contribution in [0.25, 0.3) is 11.1 Å². The Bertz CT molecular complexity index is 1890. The molecule has 2 amide bonds. The number of hydrogen-bond donors (Lipinski definition) is 3. The van der Waals surface area contributed by atoms with Gasteiger partial charge in [-0.25, -0.2) is 13.2 Å². The largest absolute Gasteiger partial charge is 0.444 e. The molecular weight excluding hydrogens is 645 g/mol. The van der Waals surface area contributed by atoms with Gasteiger partial charge < -0.3 is 19.6 Å². The fourth-order valence-electron chi connectivity index (χ4n) is 4.74. The lowest BCUT2D eigenvalue weighted by molar-refractivity contribution is 0.0876. The molecule has 2 atom stereocenters. The van der Waals surface area contributed by atoms with Crippen molar-refractivity contribution in [2.24, 2.45) is 5.92 Å². The van der Waals surface area contributed by atoms with E-state index in [9.17, 15) is 23.1 Å². The number of nitrogens with one attached hydrogen (secondary N) is 2. The zero-order valence-corrected chi connectivity index (χ0v) is 27.3. The molecule has 3 N–H and O–H groups in total. The van der Waals surface area contributed by atoms with Gasteiger partial charge in [0.2, 0.25) is 10.0 Å². The first-order valence-corrected chi connectivity index (χ1v) is 17.0. The molecule has 0 radical (unpaired) electrons. The summed E-state index contributed by atoms with van der Waals surface area (Å²) in [7, 11) is -4.17. The Morgan fingerprint density at radius 3 is 2.55 bits per heavy atom. The van der Waals surface area contributed by atoms with Crippen LogP contribution in [0.2, 0.25) is 0 Å². The third-order valence-electron chi connectivity index (χ3n) is 7.00. The summed E-state index contributed by atoms with van der Waals surface area (Å²) >= 11 is 1.34. The maximum Gasteiger partial charge on any atom is 0.407 e. The molecule has 13 nitrogen and oxygen atoms in total. The molecule has 15 heteroatoms. The molecule has 0 aliphatic carbocycles. The molecule has 5 rings (SSSR count). The smallest absolute Gasteiger partial charge is 0.407 e. The molecule has 2 aromatic carbocycles. The molecule has 47 heavy (non-hydrogen) atoms. The van der Waals surface area contributed by atoms with Gasteiger partial charge in [-0.2, -0.15) is 9.29 Å². The molecule has 0 bridgehead atoms. The van der Waals surface area contributed by atoms with Crippen molar-refractivity contribution in [1.29, 1.82) is 0 Å². The first-order valence-electron chi connectivity index (χ1n) is 14.7. The van der Waals surface area contributed by atoms with E-state index >= 15 is 0 Å². The van der Waals surface area contributed by atoms with E-state index in [1.165, 1.54) is 40.0 Å². The number of pyridine rings is 1. The molecule has 0 aliphatic rings. The summed E-state index contributed by atoms with van der Waals surface area (Å²) in [5.74, 6) is -0.578. The highest BCUT2D eigenvalue weighted by molar-refractivity contribution is 7.89. The number of thiazole rings is 1. The molecule has 0 fully saturated rings. The van der Waals surface area contributed by atoms with E-state index in [4.69, 9.17) is 9.15 Å². The normalized spacial score (nSPS) is 13.0. The van der Waals surface area contributed by atoms with E-state index in [0.29, 0.717) is 11.1 Å². The van der Waals surface area contributed by atoms with Crippen molar-refractivity contribution in [3.63, 3.8) is 0 Å². The van der Waals surface area contributed by atoms with E-state index in [1.54, 1.807) is 30.0 Å². The second-order valence-corrected chi connectivity index (χ2v) is 14.0. The second kappa shape index (κ2) is 15.3. The van der Waals surface area contributed by atoms with E-state index in [1.807, 2.05) is 44.2 Å². The Morgan fingerprint density at radius 1 is 1.04 bits per heavy atom. The van der Waals surface area contributed by atoms with Gasteiger partial charge in [-0.1, -0.05) is 44.2 Å². The molecule has 0 spiro atoms. The number of fused-ring (bicyclic) bond motifs is 1. The Kier molecular flexibility index (Phi) is 10.9. The minimum atomic E-state index is -4.17. The zero-order valence-electron chi connectivity index (χ0n) is 25.6. The van der Waals surface area contributed by atoms with Crippen LogP contribution in [0, 0.1) is 5.92 Å². The Balaban J connectivity index is 1.34. The molecular formula is C32H34N6O7S2. The summed E-state index contributed by atoms with van der Waals surface area (Å²) in [5.41, 5.74) is 3.24. The van der Waals surface area contributed by atoms with Crippen molar-refractivity contribution in [1.82, 2.24) is 24.6 Å². The van der Waals surface area contributed by atoms with Gasteiger partial charge in [0, 0.05) is 37.7 Å². The molecule has 2 unspecified atom stereocenters. The maximum atomic E-state index is 14.0. The van der Waals surface area contributed by atoms with E-state index in [0.717, 1.165) is 10.4 Å². The van der Waals surface area contributed by atoms with Crippen LogP contribution in [0.3, 0.4) is 0 Å². The topological polar surface area (TPSA) is 177 Å². The highest BCUT2D eigenvalue weighted by Crippen LogP contribution is 2.26. The Labute approximate surface area is 275 Å². The van der Waals surface area contributed by atoms with Crippen LogP contribution in [0.15, 0.2) is 94.1 Å². The van der Waals surface area contributed by atoms with Crippen molar-refractivity contribution in [2.45, 2.75) is 43.9 Å². The van der Waals surface area contributed by atoms with E-state index in [-0.39, 0.29) is 48.5 Å². The van der Waals surface area contributed by atoms with E-state index in [2.05, 4.69) is 25.6 Å². The first kappa shape index (κ1) is 33.7. The Hall–Kier alpha value is -4.70. The zero-order chi connectivity index (χ0) is 33.4. The van der Waals surface area contributed by atoms with Crippen LogP contribution < -0.4 is 10.6 Å². The van der Waals surface area contributed by atoms with Crippen molar-refractivity contribution >= 4 is 50.5 Å². The summed E-state index contributed by atoms with van der Waals surface area (Å²) in [6, 6.07) is 15.7. The highest BCUT2D eigenvalue weighted by atomic mass is 32.2. The fourth-order valence-corrected chi connectivity index (χ4v) is 6.89. The lowest BCUT2D eigenvalue weighted by atomic mass is 10.0. The average molecular weight is 679 g/mol. The highest BCUT2D eigenvalue weighted by Gasteiger charge is 2.32. The van der Waals surface area contributed by atoms with Gasteiger partial charge in [-0.05, 0) is 42.2 Å². The Morgan fingerprint density at radius 2 is 1.85 bits per heavy atom. The molecule has 0 saturated heterocycles. The van der Waals surface area contributed by atoms with Gasteiger partial charge in [-0.15, -0.1) is 11.3 Å². The number of oxazole rings is 1. The van der Waals surface area contributed by atoms with E-state index < -0.39 is 34.2 Å². The van der Waals surface area contributed by atoms with Crippen molar-refractivity contribution in [3.05, 3.63) is 101 Å². The van der Waals surface area contributed by atoms with Crippen LogP contribution in [0.5, 0.6) is 0 Å². The molecule has 0 saturated carbocycles. The summed E-state index contributed by atoms with van der Waals surface area (Å²) in [6.45, 7) is 3.52.